The van der Waals surface area contributed by atoms with E-state index in [1.54, 1.807) is 18.2 Å². The van der Waals surface area contributed by atoms with Crippen molar-refractivity contribution in [2.45, 2.75) is 0 Å². The van der Waals surface area contributed by atoms with E-state index in [2.05, 4.69) is 10.6 Å². The summed E-state index contributed by atoms with van der Waals surface area (Å²) in [7, 11) is 1.51. The van der Waals surface area contributed by atoms with Gasteiger partial charge in [-0.3, -0.25) is 4.79 Å². The molecular formula is C15H13ClFN3O2S. The van der Waals surface area contributed by atoms with E-state index in [1.807, 2.05) is 0 Å². The lowest BCUT2D eigenvalue weighted by Gasteiger charge is -2.12. The van der Waals surface area contributed by atoms with Crippen molar-refractivity contribution in [2.24, 2.45) is 5.73 Å². The molecule has 2 aromatic carbocycles. The zero-order chi connectivity index (χ0) is 17.0. The number of carbonyl (C=O) groups is 1. The van der Waals surface area contributed by atoms with E-state index in [0.717, 1.165) is 6.07 Å². The molecule has 0 aliphatic rings. The standard InChI is InChI=1S/C15H13ClFN3O2S/c1-22-13-5-3-9(7-10(13)16)19-15(23)20-12-4-2-8(14(18)21)6-11(12)17/h2-7H,1H3,(H2,18,21)(H2,19,20,23). The first-order chi connectivity index (χ1) is 10.9. The molecule has 4 N–H and O–H groups in total. The Kier molecular flexibility index (Phi) is 5.36. The zero-order valence-corrected chi connectivity index (χ0v) is 13.6. The second-order valence-electron chi connectivity index (χ2n) is 4.49. The number of benzene rings is 2. The minimum Gasteiger partial charge on any atom is -0.495 e. The fourth-order valence-electron chi connectivity index (χ4n) is 1.80. The van der Waals surface area contributed by atoms with E-state index in [0.29, 0.717) is 16.5 Å². The fourth-order valence-corrected chi connectivity index (χ4v) is 2.28. The molecule has 0 aliphatic heterocycles. The van der Waals surface area contributed by atoms with Crippen molar-refractivity contribution in [3.8, 4) is 5.75 Å². The third-order valence-corrected chi connectivity index (χ3v) is 3.41. The molecule has 120 valence electrons. The van der Waals surface area contributed by atoms with E-state index >= 15 is 0 Å². The lowest BCUT2D eigenvalue weighted by atomic mass is 10.2. The zero-order valence-electron chi connectivity index (χ0n) is 12.0. The Hall–Kier alpha value is -2.38. The van der Waals surface area contributed by atoms with Gasteiger partial charge in [0.2, 0.25) is 5.91 Å². The summed E-state index contributed by atoms with van der Waals surface area (Å²) < 4.78 is 18.9. The molecule has 0 saturated carbocycles. The summed E-state index contributed by atoms with van der Waals surface area (Å²) in [5, 5.41) is 6.14. The summed E-state index contributed by atoms with van der Waals surface area (Å²) in [6.07, 6.45) is 0. The minimum absolute atomic E-state index is 0.0777. The summed E-state index contributed by atoms with van der Waals surface area (Å²) in [6.45, 7) is 0. The third kappa shape index (κ3) is 4.30. The number of ether oxygens (including phenoxy) is 1. The maximum atomic E-state index is 13.9. The van der Waals surface area contributed by atoms with Crippen LogP contribution < -0.4 is 21.1 Å². The van der Waals surface area contributed by atoms with Crippen molar-refractivity contribution in [1.82, 2.24) is 0 Å². The molecule has 0 saturated heterocycles. The van der Waals surface area contributed by atoms with Crippen molar-refractivity contribution in [3.63, 3.8) is 0 Å². The highest BCUT2D eigenvalue weighted by Crippen LogP contribution is 2.27. The van der Waals surface area contributed by atoms with Crippen LogP contribution in [0.4, 0.5) is 15.8 Å². The Morgan fingerprint density at radius 2 is 2.00 bits per heavy atom. The van der Waals surface area contributed by atoms with Crippen molar-refractivity contribution < 1.29 is 13.9 Å². The van der Waals surface area contributed by atoms with Gasteiger partial charge in [-0.2, -0.15) is 0 Å². The molecule has 0 radical (unpaired) electrons. The van der Waals surface area contributed by atoms with Crippen LogP contribution in [0.3, 0.4) is 0 Å². The number of primary amides is 1. The molecule has 2 aromatic rings. The Labute approximate surface area is 142 Å². The van der Waals surface area contributed by atoms with Gasteiger partial charge in [0, 0.05) is 11.3 Å². The van der Waals surface area contributed by atoms with Gasteiger partial charge in [0.1, 0.15) is 11.6 Å². The number of rotatable bonds is 4. The van der Waals surface area contributed by atoms with Gasteiger partial charge in [0.05, 0.1) is 17.8 Å². The molecule has 5 nitrogen and oxygen atoms in total. The number of nitrogens with two attached hydrogens (primary N) is 1. The van der Waals surface area contributed by atoms with Gasteiger partial charge in [-0.15, -0.1) is 0 Å². The first kappa shape index (κ1) is 17.0. The fraction of sp³-hybridized carbons (Fsp3) is 0.0667. The second kappa shape index (κ2) is 7.26. The topological polar surface area (TPSA) is 76.4 Å². The summed E-state index contributed by atoms with van der Waals surface area (Å²) in [5.41, 5.74) is 5.90. The van der Waals surface area contributed by atoms with Crippen LogP contribution in [0.2, 0.25) is 5.02 Å². The first-order valence-electron chi connectivity index (χ1n) is 6.41. The monoisotopic (exact) mass is 353 g/mol. The predicted molar refractivity (Wildman–Crippen MR) is 92.8 cm³/mol. The van der Waals surface area contributed by atoms with E-state index in [1.165, 1.54) is 19.2 Å². The van der Waals surface area contributed by atoms with Crippen LogP contribution in [0.5, 0.6) is 5.75 Å². The molecule has 0 bridgehead atoms. The molecule has 0 spiro atoms. The van der Waals surface area contributed by atoms with Gasteiger partial charge < -0.3 is 21.1 Å². The van der Waals surface area contributed by atoms with E-state index in [-0.39, 0.29) is 16.4 Å². The maximum absolute atomic E-state index is 13.9. The average molecular weight is 354 g/mol. The highest BCUT2D eigenvalue weighted by atomic mass is 35.5. The summed E-state index contributed by atoms with van der Waals surface area (Å²) >= 11 is 11.1. The van der Waals surface area contributed by atoms with Crippen molar-refractivity contribution in [2.75, 3.05) is 17.7 Å². The second-order valence-corrected chi connectivity index (χ2v) is 5.30. The lowest BCUT2D eigenvalue weighted by molar-refractivity contribution is 0.1000. The van der Waals surface area contributed by atoms with Gasteiger partial charge in [0.25, 0.3) is 0 Å². The molecule has 0 fully saturated rings. The van der Waals surface area contributed by atoms with Crippen LogP contribution in [-0.2, 0) is 0 Å². The van der Waals surface area contributed by atoms with Gasteiger partial charge in [-0.05, 0) is 48.6 Å². The highest BCUT2D eigenvalue weighted by molar-refractivity contribution is 7.80. The Morgan fingerprint density at radius 1 is 1.26 bits per heavy atom. The molecule has 2 rings (SSSR count). The maximum Gasteiger partial charge on any atom is 0.248 e. The van der Waals surface area contributed by atoms with E-state index < -0.39 is 11.7 Å². The number of nitrogens with one attached hydrogen (secondary N) is 2. The van der Waals surface area contributed by atoms with Gasteiger partial charge in [-0.25, -0.2) is 4.39 Å². The van der Waals surface area contributed by atoms with Crippen LogP contribution in [-0.4, -0.2) is 18.1 Å². The van der Waals surface area contributed by atoms with Crippen molar-refractivity contribution >= 4 is 46.2 Å². The molecule has 0 unspecified atom stereocenters. The quantitative estimate of drug-likeness (QED) is 0.734. The molecule has 8 heteroatoms. The number of hydrogen-bond donors (Lipinski definition) is 3. The Morgan fingerprint density at radius 3 is 2.57 bits per heavy atom. The van der Waals surface area contributed by atoms with Crippen molar-refractivity contribution in [1.29, 1.82) is 0 Å². The number of hydrogen-bond acceptors (Lipinski definition) is 3. The van der Waals surface area contributed by atoms with Gasteiger partial charge in [-0.1, -0.05) is 11.6 Å². The smallest absolute Gasteiger partial charge is 0.248 e. The lowest BCUT2D eigenvalue weighted by Crippen LogP contribution is -2.20. The minimum atomic E-state index is -0.705. The Bertz CT molecular complexity index is 770. The highest BCUT2D eigenvalue weighted by Gasteiger charge is 2.09. The van der Waals surface area contributed by atoms with Crippen LogP contribution in [0.25, 0.3) is 0 Å². The van der Waals surface area contributed by atoms with Crippen LogP contribution in [0.1, 0.15) is 10.4 Å². The average Bonchev–Trinajstić information content (AvgIpc) is 2.49. The number of amides is 1. The van der Waals surface area contributed by atoms with Crippen LogP contribution in [0.15, 0.2) is 36.4 Å². The van der Waals surface area contributed by atoms with Crippen molar-refractivity contribution in [3.05, 3.63) is 52.8 Å². The summed E-state index contributed by atoms with van der Waals surface area (Å²) in [6, 6.07) is 8.84. The van der Waals surface area contributed by atoms with Crippen LogP contribution in [0, 0.1) is 5.82 Å². The largest absolute Gasteiger partial charge is 0.495 e. The first-order valence-corrected chi connectivity index (χ1v) is 7.20. The number of anilines is 2. The van der Waals surface area contributed by atoms with Gasteiger partial charge >= 0.3 is 0 Å². The third-order valence-electron chi connectivity index (χ3n) is 2.91. The predicted octanol–water partition coefficient (Wildman–Crippen LogP) is 3.40. The Balaban J connectivity index is 2.08. The number of methoxy groups -OCH3 is 1. The molecular weight excluding hydrogens is 341 g/mol. The normalized spacial score (nSPS) is 10.0. The molecule has 0 heterocycles. The van der Waals surface area contributed by atoms with Crippen LogP contribution >= 0.6 is 23.8 Å². The number of halogens is 2. The van der Waals surface area contributed by atoms with E-state index in [4.69, 9.17) is 34.3 Å². The molecule has 0 aromatic heterocycles. The summed E-state index contributed by atoms with van der Waals surface area (Å²) in [4.78, 5) is 11.0. The molecule has 0 aliphatic carbocycles. The number of thiocarbonyl (C=S) groups is 1. The molecule has 23 heavy (non-hydrogen) atoms. The van der Waals surface area contributed by atoms with E-state index in [9.17, 15) is 9.18 Å². The molecule has 1 amide bonds. The molecule has 0 atom stereocenters. The SMILES string of the molecule is COc1ccc(NC(=S)Nc2ccc(C(N)=O)cc2F)cc1Cl. The summed E-state index contributed by atoms with van der Waals surface area (Å²) in [5.74, 6) is -0.814. The van der Waals surface area contributed by atoms with Gasteiger partial charge in [0.15, 0.2) is 5.11 Å². The number of carbonyl (C=O) groups excluding carboxylic acids is 1.